The van der Waals surface area contributed by atoms with E-state index < -0.39 is 0 Å². The minimum Gasteiger partial charge on any atom is -0.377 e. The zero-order chi connectivity index (χ0) is 13.8. The Balaban J connectivity index is 1.68. The fourth-order valence-corrected chi connectivity index (χ4v) is 3.42. The van der Waals surface area contributed by atoms with E-state index in [9.17, 15) is 0 Å². The lowest BCUT2D eigenvalue weighted by Gasteiger charge is -2.17. The summed E-state index contributed by atoms with van der Waals surface area (Å²) in [4.78, 5) is 0.316. The van der Waals surface area contributed by atoms with Crippen LogP contribution in [0, 0.1) is 0 Å². The standard InChI is InChI=1S/C18H19BrO/c19-18(17-7-4-12-20-17)16-10-8-15(9-11-16)13-14-5-2-1-3-6-14/h1-3,5-6,8-11,17-18H,4,7,12-13H2. The van der Waals surface area contributed by atoms with Gasteiger partial charge in [0.2, 0.25) is 0 Å². The fourth-order valence-electron chi connectivity index (χ4n) is 2.70. The SMILES string of the molecule is BrC(c1ccc(Cc2ccccc2)cc1)C1CCCO1. The first-order valence-corrected chi connectivity index (χ1v) is 8.13. The molecule has 3 rings (SSSR count). The third-order valence-corrected chi connectivity index (χ3v) is 4.96. The largest absolute Gasteiger partial charge is 0.377 e. The molecule has 2 aromatic carbocycles. The van der Waals surface area contributed by atoms with Gasteiger partial charge in [-0.15, -0.1) is 0 Å². The molecule has 2 heteroatoms. The lowest BCUT2D eigenvalue weighted by Crippen LogP contribution is -2.12. The third-order valence-electron chi connectivity index (χ3n) is 3.84. The zero-order valence-corrected chi connectivity index (χ0v) is 13.1. The van der Waals surface area contributed by atoms with E-state index in [0.29, 0.717) is 10.9 Å². The van der Waals surface area contributed by atoms with Crippen molar-refractivity contribution < 1.29 is 4.74 Å². The Morgan fingerprint density at radius 1 is 1.00 bits per heavy atom. The molecule has 2 atom stereocenters. The summed E-state index contributed by atoms with van der Waals surface area (Å²) in [7, 11) is 0. The topological polar surface area (TPSA) is 9.23 Å². The molecule has 2 unspecified atom stereocenters. The number of ether oxygens (including phenoxy) is 1. The van der Waals surface area contributed by atoms with Crippen LogP contribution in [0.3, 0.4) is 0 Å². The van der Waals surface area contributed by atoms with Crippen molar-refractivity contribution >= 4 is 15.9 Å². The predicted molar refractivity (Wildman–Crippen MR) is 86.3 cm³/mol. The highest BCUT2D eigenvalue weighted by atomic mass is 79.9. The van der Waals surface area contributed by atoms with Crippen molar-refractivity contribution in [3.8, 4) is 0 Å². The summed E-state index contributed by atoms with van der Waals surface area (Å²) < 4.78 is 5.75. The van der Waals surface area contributed by atoms with E-state index in [1.165, 1.54) is 23.1 Å². The molecule has 20 heavy (non-hydrogen) atoms. The molecule has 1 heterocycles. The maximum atomic E-state index is 5.75. The van der Waals surface area contributed by atoms with E-state index in [1.54, 1.807) is 0 Å². The fraction of sp³-hybridized carbons (Fsp3) is 0.333. The summed E-state index contributed by atoms with van der Waals surface area (Å²) in [6, 6.07) is 19.5. The molecular weight excluding hydrogens is 312 g/mol. The van der Waals surface area contributed by atoms with Crippen LogP contribution in [0.5, 0.6) is 0 Å². The molecule has 2 aromatic rings. The quantitative estimate of drug-likeness (QED) is 0.725. The van der Waals surface area contributed by atoms with E-state index in [1.807, 2.05) is 0 Å². The van der Waals surface area contributed by atoms with Crippen molar-refractivity contribution in [1.82, 2.24) is 0 Å². The Hall–Kier alpha value is -1.12. The van der Waals surface area contributed by atoms with Crippen LogP contribution >= 0.6 is 15.9 Å². The summed E-state index contributed by atoms with van der Waals surface area (Å²) >= 11 is 3.78. The van der Waals surface area contributed by atoms with Crippen LogP contribution in [-0.4, -0.2) is 12.7 Å². The van der Waals surface area contributed by atoms with Crippen LogP contribution in [0.15, 0.2) is 54.6 Å². The Kier molecular flexibility index (Phi) is 4.54. The highest BCUT2D eigenvalue weighted by molar-refractivity contribution is 9.09. The molecule has 1 aliphatic heterocycles. The third kappa shape index (κ3) is 3.31. The van der Waals surface area contributed by atoms with Crippen LogP contribution in [0.4, 0.5) is 0 Å². The Morgan fingerprint density at radius 2 is 1.70 bits per heavy atom. The van der Waals surface area contributed by atoms with Crippen molar-refractivity contribution in [1.29, 1.82) is 0 Å². The molecule has 0 aliphatic carbocycles. The first kappa shape index (κ1) is 13.8. The van der Waals surface area contributed by atoms with Crippen molar-refractivity contribution in [3.63, 3.8) is 0 Å². The molecule has 0 radical (unpaired) electrons. The first-order chi connectivity index (χ1) is 9.83. The number of alkyl halides is 1. The lowest BCUT2D eigenvalue weighted by atomic mass is 10.0. The van der Waals surface area contributed by atoms with Gasteiger partial charge in [-0.2, -0.15) is 0 Å². The van der Waals surface area contributed by atoms with Gasteiger partial charge in [-0.05, 0) is 36.0 Å². The molecule has 104 valence electrons. The van der Waals surface area contributed by atoms with E-state index >= 15 is 0 Å². The molecule has 0 saturated carbocycles. The molecule has 0 aromatic heterocycles. The minimum absolute atomic E-state index is 0.316. The average molecular weight is 331 g/mol. The number of rotatable bonds is 4. The van der Waals surface area contributed by atoms with Crippen LogP contribution in [0.2, 0.25) is 0 Å². The van der Waals surface area contributed by atoms with Gasteiger partial charge in [0.05, 0.1) is 10.9 Å². The minimum atomic E-state index is 0.316. The summed E-state index contributed by atoms with van der Waals surface area (Å²) in [6.45, 7) is 0.902. The second-order valence-corrected chi connectivity index (χ2v) is 6.34. The smallest absolute Gasteiger partial charge is 0.0741 e. The maximum Gasteiger partial charge on any atom is 0.0741 e. The Labute approximate surface area is 129 Å². The van der Waals surface area contributed by atoms with E-state index in [-0.39, 0.29) is 0 Å². The molecule has 0 spiro atoms. The van der Waals surface area contributed by atoms with Gasteiger partial charge in [0.25, 0.3) is 0 Å². The van der Waals surface area contributed by atoms with Crippen molar-refractivity contribution in [2.45, 2.75) is 30.2 Å². The van der Waals surface area contributed by atoms with Gasteiger partial charge < -0.3 is 4.74 Å². The van der Waals surface area contributed by atoms with Crippen LogP contribution in [-0.2, 0) is 11.2 Å². The Morgan fingerprint density at radius 3 is 2.35 bits per heavy atom. The Bertz CT molecular complexity index is 529. The van der Waals surface area contributed by atoms with Gasteiger partial charge in [-0.3, -0.25) is 0 Å². The van der Waals surface area contributed by atoms with E-state index in [0.717, 1.165) is 19.4 Å². The van der Waals surface area contributed by atoms with Gasteiger partial charge in [0, 0.05) is 6.61 Å². The van der Waals surface area contributed by atoms with Gasteiger partial charge in [-0.1, -0.05) is 70.5 Å². The second-order valence-electron chi connectivity index (χ2n) is 5.36. The number of hydrogen-bond donors (Lipinski definition) is 0. The number of halogens is 1. The predicted octanol–water partition coefficient (Wildman–Crippen LogP) is 4.89. The number of benzene rings is 2. The molecule has 0 amide bonds. The van der Waals surface area contributed by atoms with Crippen molar-refractivity contribution in [2.75, 3.05) is 6.61 Å². The zero-order valence-electron chi connectivity index (χ0n) is 11.5. The van der Waals surface area contributed by atoms with Crippen LogP contribution in [0.1, 0.15) is 34.4 Å². The average Bonchev–Trinajstić information content (AvgIpc) is 3.03. The monoisotopic (exact) mass is 330 g/mol. The molecule has 1 fully saturated rings. The van der Waals surface area contributed by atoms with Crippen molar-refractivity contribution in [2.24, 2.45) is 0 Å². The number of hydrogen-bond acceptors (Lipinski definition) is 1. The normalized spacial score (nSPS) is 19.9. The van der Waals surface area contributed by atoms with Crippen molar-refractivity contribution in [3.05, 3.63) is 71.3 Å². The summed E-state index contributed by atoms with van der Waals surface area (Å²) in [5, 5.41) is 0. The van der Waals surface area contributed by atoms with Gasteiger partial charge in [-0.25, -0.2) is 0 Å². The molecule has 1 aliphatic rings. The van der Waals surface area contributed by atoms with Crippen LogP contribution in [0.25, 0.3) is 0 Å². The maximum absolute atomic E-state index is 5.75. The van der Waals surface area contributed by atoms with Crippen LogP contribution < -0.4 is 0 Å². The second kappa shape index (κ2) is 6.55. The molecule has 0 N–H and O–H groups in total. The highest BCUT2D eigenvalue weighted by Gasteiger charge is 2.24. The van der Waals surface area contributed by atoms with Gasteiger partial charge in [0.15, 0.2) is 0 Å². The first-order valence-electron chi connectivity index (χ1n) is 7.21. The van der Waals surface area contributed by atoms with Gasteiger partial charge >= 0.3 is 0 Å². The lowest BCUT2D eigenvalue weighted by molar-refractivity contribution is 0.110. The summed E-state index contributed by atoms with van der Waals surface area (Å²) in [6.07, 6.45) is 3.66. The molecule has 0 bridgehead atoms. The molecular formula is C18H19BrO. The highest BCUT2D eigenvalue weighted by Crippen LogP contribution is 2.34. The van der Waals surface area contributed by atoms with E-state index in [4.69, 9.17) is 4.74 Å². The molecule has 1 saturated heterocycles. The summed E-state index contributed by atoms with van der Waals surface area (Å²) in [5.41, 5.74) is 4.02. The molecule has 1 nitrogen and oxygen atoms in total. The summed E-state index contributed by atoms with van der Waals surface area (Å²) in [5.74, 6) is 0. The van der Waals surface area contributed by atoms with E-state index in [2.05, 4.69) is 70.5 Å². The van der Waals surface area contributed by atoms with Gasteiger partial charge in [0.1, 0.15) is 0 Å².